The van der Waals surface area contributed by atoms with Crippen LogP contribution in [0, 0.1) is 0 Å². The number of alkyl halides is 3. The maximum absolute atomic E-state index is 14.1. The largest absolute Gasteiger partial charge is 0.418 e. The van der Waals surface area contributed by atoms with Crippen LogP contribution in [0.1, 0.15) is 58.4 Å². The second kappa shape index (κ2) is 10.9. The smallest absolute Gasteiger partial charge is 0.379 e. The molecule has 6 nitrogen and oxygen atoms in total. The first-order valence-electron chi connectivity index (χ1n) is 11.5. The number of likely N-dealkylation sites (tertiary alicyclic amines) is 2. The van der Waals surface area contributed by atoms with E-state index in [-0.39, 0.29) is 28.2 Å². The topological polar surface area (TPSA) is 65.5 Å². The van der Waals surface area contributed by atoms with Gasteiger partial charge in [-0.15, -0.1) is 0 Å². The maximum Gasteiger partial charge on any atom is 0.418 e. The lowest BCUT2D eigenvalue weighted by Gasteiger charge is -2.35. The SMILES string of the molecule is O=C(c1cncc(Br)c1)N1CCC[C@@H](Nc2c(C(=O)N3CCCCC3)cc(Br)cc2C(F)(F)F)C1. The summed E-state index contributed by atoms with van der Waals surface area (Å²) in [5.41, 5.74) is -0.722. The van der Waals surface area contributed by atoms with Gasteiger partial charge in [0.15, 0.2) is 0 Å². The number of halogens is 5. The fourth-order valence-electron chi connectivity index (χ4n) is 4.62. The number of rotatable bonds is 4. The second-order valence-corrected chi connectivity index (χ2v) is 10.7. The fraction of sp³-hybridized carbons (Fsp3) is 0.458. The van der Waals surface area contributed by atoms with Crippen molar-refractivity contribution in [2.45, 2.75) is 44.3 Å². The monoisotopic (exact) mass is 616 g/mol. The van der Waals surface area contributed by atoms with Crippen LogP contribution in [-0.2, 0) is 6.18 Å². The summed E-state index contributed by atoms with van der Waals surface area (Å²) >= 11 is 6.46. The number of nitrogens with one attached hydrogen (secondary N) is 1. The molecule has 2 amide bonds. The van der Waals surface area contributed by atoms with Gasteiger partial charge in [0.25, 0.3) is 11.8 Å². The van der Waals surface area contributed by atoms with E-state index in [1.807, 2.05) is 0 Å². The highest BCUT2D eigenvalue weighted by molar-refractivity contribution is 9.10. The molecule has 2 aliphatic rings. The summed E-state index contributed by atoms with van der Waals surface area (Å²) in [6, 6.07) is 3.67. The number of hydrogen-bond acceptors (Lipinski definition) is 4. The Morgan fingerprint density at radius 3 is 2.31 bits per heavy atom. The fourth-order valence-corrected chi connectivity index (χ4v) is 5.44. The number of anilines is 1. The highest BCUT2D eigenvalue weighted by Crippen LogP contribution is 2.40. The lowest BCUT2D eigenvalue weighted by molar-refractivity contribution is -0.137. The van der Waals surface area contributed by atoms with Crippen LogP contribution < -0.4 is 5.32 Å². The number of aromatic nitrogens is 1. The van der Waals surface area contributed by atoms with Crippen LogP contribution >= 0.6 is 31.9 Å². The van der Waals surface area contributed by atoms with E-state index in [0.29, 0.717) is 42.5 Å². The van der Waals surface area contributed by atoms with Gasteiger partial charge in [0.05, 0.1) is 22.4 Å². The average Bonchev–Trinajstić information content (AvgIpc) is 2.84. The van der Waals surface area contributed by atoms with E-state index < -0.39 is 23.7 Å². The molecule has 188 valence electrons. The lowest BCUT2D eigenvalue weighted by atomic mass is 10.00. The highest BCUT2D eigenvalue weighted by Gasteiger charge is 2.38. The molecule has 35 heavy (non-hydrogen) atoms. The minimum atomic E-state index is -4.66. The molecule has 2 aromatic rings. The molecule has 0 radical (unpaired) electrons. The standard InChI is InChI=1S/C24H25Br2F3N4O2/c25-16-10-19(23(35)32-6-2-1-3-7-32)21(20(11-16)24(27,28)29)31-18-5-4-8-33(14-18)22(34)15-9-17(26)13-30-12-15/h9-13,18,31H,1-8,14H2/t18-/m1/s1. The molecule has 2 aliphatic heterocycles. The Kier molecular flexibility index (Phi) is 8.05. The van der Waals surface area contributed by atoms with E-state index in [1.165, 1.54) is 12.3 Å². The molecule has 1 aromatic carbocycles. The van der Waals surface area contributed by atoms with Gasteiger partial charge in [0.2, 0.25) is 0 Å². The average molecular weight is 618 g/mol. The highest BCUT2D eigenvalue weighted by atomic mass is 79.9. The summed E-state index contributed by atoms with van der Waals surface area (Å²) in [6.07, 6.45) is 2.25. The van der Waals surface area contributed by atoms with Crippen LogP contribution in [0.4, 0.5) is 18.9 Å². The van der Waals surface area contributed by atoms with Crippen molar-refractivity contribution in [2.24, 2.45) is 0 Å². The summed E-state index contributed by atoms with van der Waals surface area (Å²) in [7, 11) is 0. The minimum absolute atomic E-state index is 0.00626. The number of carbonyl (C=O) groups is 2. The zero-order valence-electron chi connectivity index (χ0n) is 18.9. The van der Waals surface area contributed by atoms with Gasteiger partial charge < -0.3 is 15.1 Å². The number of hydrogen-bond donors (Lipinski definition) is 1. The molecule has 4 rings (SSSR count). The number of carbonyl (C=O) groups excluding carboxylic acids is 2. The number of piperidine rings is 2. The van der Waals surface area contributed by atoms with E-state index in [1.54, 1.807) is 22.1 Å². The Morgan fingerprint density at radius 1 is 0.914 bits per heavy atom. The van der Waals surface area contributed by atoms with Gasteiger partial charge in [0.1, 0.15) is 0 Å². The molecule has 0 unspecified atom stereocenters. The Bertz CT molecular complexity index is 1110. The summed E-state index contributed by atoms with van der Waals surface area (Å²) in [5, 5.41) is 3.01. The molecule has 1 aromatic heterocycles. The Balaban J connectivity index is 1.62. The van der Waals surface area contributed by atoms with Gasteiger partial charge in [-0.25, -0.2) is 0 Å². The van der Waals surface area contributed by atoms with Crippen LogP contribution in [0.2, 0.25) is 0 Å². The lowest BCUT2D eigenvalue weighted by Crippen LogP contribution is -2.45. The van der Waals surface area contributed by atoms with Crippen LogP contribution in [0.3, 0.4) is 0 Å². The number of nitrogens with zero attached hydrogens (tertiary/aromatic N) is 3. The number of amides is 2. The molecule has 1 N–H and O–H groups in total. The normalized spacial score (nSPS) is 18.9. The predicted molar refractivity (Wildman–Crippen MR) is 133 cm³/mol. The van der Waals surface area contributed by atoms with Gasteiger partial charge in [-0.2, -0.15) is 13.2 Å². The summed E-state index contributed by atoms with van der Waals surface area (Å²) in [6.45, 7) is 1.77. The van der Waals surface area contributed by atoms with Crippen molar-refractivity contribution in [3.8, 4) is 0 Å². The maximum atomic E-state index is 14.1. The Labute approximate surface area is 218 Å². The van der Waals surface area contributed by atoms with Crippen LogP contribution in [0.5, 0.6) is 0 Å². The number of pyridine rings is 1. The molecule has 2 saturated heterocycles. The van der Waals surface area contributed by atoms with Crippen LogP contribution in [0.25, 0.3) is 0 Å². The third-order valence-electron chi connectivity index (χ3n) is 6.29. The van der Waals surface area contributed by atoms with Crippen molar-refractivity contribution < 1.29 is 22.8 Å². The van der Waals surface area contributed by atoms with E-state index in [4.69, 9.17) is 0 Å². The molecule has 11 heteroatoms. The molecule has 0 aliphatic carbocycles. The van der Waals surface area contributed by atoms with E-state index in [0.717, 1.165) is 25.3 Å². The Morgan fingerprint density at radius 2 is 1.63 bits per heavy atom. The summed E-state index contributed by atoms with van der Waals surface area (Å²) < 4.78 is 43.1. The van der Waals surface area contributed by atoms with Crippen molar-refractivity contribution in [3.05, 3.63) is 56.2 Å². The third kappa shape index (κ3) is 6.17. The van der Waals surface area contributed by atoms with Gasteiger partial charge >= 0.3 is 6.18 Å². The van der Waals surface area contributed by atoms with Crippen molar-refractivity contribution in [1.82, 2.24) is 14.8 Å². The second-order valence-electron chi connectivity index (χ2n) is 8.85. The van der Waals surface area contributed by atoms with Gasteiger partial charge in [0, 0.05) is 53.6 Å². The summed E-state index contributed by atoms with van der Waals surface area (Å²) in [4.78, 5) is 33.6. The minimum Gasteiger partial charge on any atom is -0.379 e. The third-order valence-corrected chi connectivity index (χ3v) is 7.18. The predicted octanol–water partition coefficient (Wildman–Crippen LogP) is 5.97. The van der Waals surface area contributed by atoms with E-state index in [2.05, 4.69) is 42.2 Å². The molecule has 3 heterocycles. The van der Waals surface area contributed by atoms with Gasteiger partial charge in [-0.1, -0.05) is 15.9 Å². The van der Waals surface area contributed by atoms with E-state index >= 15 is 0 Å². The number of benzene rings is 1. The molecule has 1 atom stereocenters. The molecule has 0 spiro atoms. The molecule has 0 bridgehead atoms. The van der Waals surface area contributed by atoms with Crippen molar-refractivity contribution in [3.63, 3.8) is 0 Å². The van der Waals surface area contributed by atoms with Crippen LogP contribution in [0.15, 0.2) is 39.5 Å². The quantitative estimate of drug-likeness (QED) is 0.459. The van der Waals surface area contributed by atoms with Gasteiger partial charge in [-0.05, 0) is 66.2 Å². The van der Waals surface area contributed by atoms with Crippen molar-refractivity contribution >= 4 is 49.4 Å². The zero-order chi connectivity index (χ0) is 25.2. The first-order chi connectivity index (χ1) is 16.6. The molecule has 0 saturated carbocycles. The molecule has 2 fully saturated rings. The zero-order valence-corrected chi connectivity index (χ0v) is 22.0. The Hall–Kier alpha value is -2.14. The van der Waals surface area contributed by atoms with Gasteiger partial charge in [-0.3, -0.25) is 14.6 Å². The molecular weight excluding hydrogens is 593 g/mol. The first-order valence-corrected chi connectivity index (χ1v) is 13.1. The van der Waals surface area contributed by atoms with Crippen molar-refractivity contribution in [2.75, 3.05) is 31.5 Å². The van der Waals surface area contributed by atoms with E-state index in [9.17, 15) is 22.8 Å². The molecular formula is C24H25Br2F3N4O2. The first kappa shape index (κ1) is 25.9. The van der Waals surface area contributed by atoms with Crippen molar-refractivity contribution in [1.29, 1.82) is 0 Å². The van der Waals surface area contributed by atoms with Crippen LogP contribution in [-0.4, -0.2) is 58.8 Å². The summed E-state index contributed by atoms with van der Waals surface area (Å²) in [5.74, 6) is -0.648.